The van der Waals surface area contributed by atoms with Gasteiger partial charge in [0.15, 0.2) is 0 Å². The highest BCUT2D eigenvalue weighted by atomic mass is 16.5. The molecular weight excluding hydrogens is 388 g/mol. The smallest absolute Gasteiger partial charge is 0.229 e. The molecule has 0 aromatic heterocycles. The first-order valence-electron chi connectivity index (χ1n) is 10.4. The summed E-state index contributed by atoms with van der Waals surface area (Å²) in [6, 6.07) is 21.0. The van der Waals surface area contributed by atoms with Crippen LogP contribution in [0.5, 0.6) is 11.5 Å². The fourth-order valence-electron chi connectivity index (χ4n) is 3.69. The molecule has 5 nitrogen and oxygen atoms in total. The lowest BCUT2D eigenvalue weighted by Crippen LogP contribution is -2.28. The second-order valence-electron chi connectivity index (χ2n) is 8.11. The van der Waals surface area contributed by atoms with Crippen LogP contribution in [0.2, 0.25) is 0 Å². The Kier molecular flexibility index (Phi) is 5.76. The van der Waals surface area contributed by atoms with E-state index in [4.69, 9.17) is 4.74 Å². The number of nitrogens with zero attached hydrogens (tertiary/aromatic N) is 1. The maximum atomic E-state index is 12.8. The molecule has 1 N–H and O–H groups in total. The molecule has 158 valence electrons. The van der Waals surface area contributed by atoms with Gasteiger partial charge in [-0.15, -0.1) is 0 Å². The zero-order chi connectivity index (χ0) is 22.0. The van der Waals surface area contributed by atoms with E-state index in [0.29, 0.717) is 18.0 Å². The van der Waals surface area contributed by atoms with E-state index in [1.165, 1.54) is 5.56 Å². The van der Waals surface area contributed by atoms with Crippen molar-refractivity contribution in [2.24, 2.45) is 5.92 Å². The summed E-state index contributed by atoms with van der Waals surface area (Å²) in [5.74, 6) is 0.919. The first kappa shape index (κ1) is 20.7. The van der Waals surface area contributed by atoms with E-state index in [1.54, 1.807) is 17.0 Å². The van der Waals surface area contributed by atoms with Crippen LogP contribution in [0.4, 0.5) is 11.4 Å². The molecule has 0 unspecified atom stereocenters. The van der Waals surface area contributed by atoms with Gasteiger partial charge in [0.2, 0.25) is 11.8 Å². The van der Waals surface area contributed by atoms with Crippen molar-refractivity contribution in [1.82, 2.24) is 0 Å². The van der Waals surface area contributed by atoms with Crippen LogP contribution in [0.15, 0.2) is 66.7 Å². The molecule has 5 heteroatoms. The van der Waals surface area contributed by atoms with Crippen LogP contribution in [0.1, 0.15) is 23.1 Å². The van der Waals surface area contributed by atoms with Gasteiger partial charge in [-0.1, -0.05) is 18.2 Å². The van der Waals surface area contributed by atoms with Crippen molar-refractivity contribution in [2.75, 3.05) is 16.8 Å². The van der Waals surface area contributed by atoms with Crippen molar-refractivity contribution in [3.8, 4) is 11.5 Å². The second-order valence-corrected chi connectivity index (χ2v) is 8.11. The minimum absolute atomic E-state index is 0.0229. The van der Waals surface area contributed by atoms with E-state index in [1.807, 2.05) is 75.4 Å². The summed E-state index contributed by atoms with van der Waals surface area (Å²) in [4.78, 5) is 27.0. The summed E-state index contributed by atoms with van der Waals surface area (Å²) < 4.78 is 5.85. The van der Waals surface area contributed by atoms with Gasteiger partial charge in [-0.25, -0.2) is 0 Å². The summed E-state index contributed by atoms with van der Waals surface area (Å²) >= 11 is 0. The molecule has 3 aromatic rings. The number of anilines is 2. The number of hydrogen-bond donors (Lipinski definition) is 1. The molecule has 1 aliphatic rings. The number of aryl methyl sites for hydroxylation is 3. The Labute approximate surface area is 182 Å². The molecular formula is C26H26N2O3. The van der Waals surface area contributed by atoms with E-state index in [9.17, 15) is 9.59 Å². The number of ether oxygens (including phenoxy) is 1. The zero-order valence-electron chi connectivity index (χ0n) is 18.0. The number of amides is 2. The average molecular weight is 415 g/mol. The number of nitrogens with one attached hydrogen (secondary N) is 1. The van der Waals surface area contributed by atoms with Gasteiger partial charge in [-0.2, -0.15) is 0 Å². The molecule has 1 heterocycles. The second kappa shape index (κ2) is 8.64. The Balaban J connectivity index is 1.38. The number of hydrogen-bond acceptors (Lipinski definition) is 3. The Hall–Kier alpha value is -3.60. The van der Waals surface area contributed by atoms with Crippen LogP contribution in [0, 0.1) is 26.7 Å². The normalized spacial score (nSPS) is 15.8. The lowest BCUT2D eigenvalue weighted by atomic mass is 10.1. The minimum Gasteiger partial charge on any atom is -0.457 e. The highest BCUT2D eigenvalue weighted by molar-refractivity contribution is 6.03. The third kappa shape index (κ3) is 4.77. The summed E-state index contributed by atoms with van der Waals surface area (Å²) in [7, 11) is 0. The van der Waals surface area contributed by atoms with Crippen molar-refractivity contribution in [3.05, 3.63) is 83.4 Å². The van der Waals surface area contributed by atoms with Crippen LogP contribution in [0.3, 0.4) is 0 Å². The molecule has 1 fully saturated rings. The minimum atomic E-state index is -0.377. The summed E-state index contributed by atoms with van der Waals surface area (Å²) in [6.45, 7) is 6.47. The number of rotatable bonds is 5. The highest BCUT2D eigenvalue weighted by Crippen LogP contribution is 2.28. The van der Waals surface area contributed by atoms with E-state index in [0.717, 1.165) is 22.6 Å². The standard InChI is InChI=1S/C26H26N2O3/c1-17-5-4-6-24(13-17)31-23-11-8-21(9-12-23)27-26(30)20-15-25(29)28(16-20)22-10-7-18(2)19(3)14-22/h4-14,20H,15-16H2,1-3H3,(H,27,30)/t20-/m1/s1. The maximum absolute atomic E-state index is 12.8. The first-order valence-corrected chi connectivity index (χ1v) is 10.4. The molecule has 31 heavy (non-hydrogen) atoms. The molecule has 1 saturated heterocycles. The number of carbonyl (C=O) groups excluding carboxylic acids is 2. The predicted octanol–water partition coefficient (Wildman–Crippen LogP) is 5.40. The molecule has 0 spiro atoms. The van der Waals surface area contributed by atoms with Crippen molar-refractivity contribution >= 4 is 23.2 Å². The van der Waals surface area contributed by atoms with E-state index < -0.39 is 0 Å². The van der Waals surface area contributed by atoms with Gasteiger partial charge in [0.05, 0.1) is 5.92 Å². The topological polar surface area (TPSA) is 58.6 Å². The Morgan fingerprint density at radius 3 is 2.42 bits per heavy atom. The molecule has 0 radical (unpaired) electrons. The molecule has 0 saturated carbocycles. The maximum Gasteiger partial charge on any atom is 0.229 e. The van der Waals surface area contributed by atoms with Crippen LogP contribution in [0.25, 0.3) is 0 Å². The first-order chi connectivity index (χ1) is 14.9. The van der Waals surface area contributed by atoms with Gasteiger partial charge >= 0.3 is 0 Å². The molecule has 2 amide bonds. The fraction of sp³-hybridized carbons (Fsp3) is 0.231. The van der Waals surface area contributed by atoms with Crippen molar-refractivity contribution in [2.45, 2.75) is 27.2 Å². The molecule has 1 atom stereocenters. The monoisotopic (exact) mass is 414 g/mol. The fourth-order valence-corrected chi connectivity index (χ4v) is 3.69. The number of carbonyl (C=O) groups is 2. The van der Waals surface area contributed by atoms with Gasteiger partial charge in [-0.3, -0.25) is 9.59 Å². The van der Waals surface area contributed by atoms with Gasteiger partial charge in [0.25, 0.3) is 0 Å². The zero-order valence-corrected chi connectivity index (χ0v) is 18.0. The van der Waals surface area contributed by atoms with Gasteiger partial charge in [-0.05, 0) is 86.0 Å². The molecule has 1 aliphatic heterocycles. The van der Waals surface area contributed by atoms with Crippen LogP contribution >= 0.6 is 0 Å². The third-order valence-corrected chi connectivity index (χ3v) is 5.65. The molecule has 4 rings (SSSR count). The predicted molar refractivity (Wildman–Crippen MR) is 123 cm³/mol. The third-order valence-electron chi connectivity index (χ3n) is 5.65. The Morgan fingerprint density at radius 2 is 1.71 bits per heavy atom. The van der Waals surface area contributed by atoms with Crippen molar-refractivity contribution in [1.29, 1.82) is 0 Å². The SMILES string of the molecule is Cc1cccc(Oc2ccc(NC(=O)[C@@H]3CC(=O)N(c4ccc(C)c(C)c4)C3)cc2)c1. The van der Waals surface area contributed by atoms with Gasteiger partial charge in [0, 0.05) is 24.3 Å². The quantitative estimate of drug-likeness (QED) is 0.608. The summed E-state index contributed by atoms with van der Waals surface area (Å²) in [5, 5.41) is 2.92. The van der Waals surface area contributed by atoms with Crippen LogP contribution < -0.4 is 15.0 Å². The Bertz CT molecular complexity index is 1120. The van der Waals surface area contributed by atoms with Gasteiger partial charge < -0.3 is 15.0 Å². The highest BCUT2D eigenvalue weighted by Gasteiger charge is 2.35. The lowest BCUT2D eigenvalue weighted by molar-refractivity contribution is -0.122. The summed E-state index contributed by atoms with van der Waals surface area (Å²) in [5.41, 5.74) is 4.97. The Morgan fingerprint density at radius 1 is 0.935 bits per heavy atom. The van der Waals surface area contributed by atoms with E-state index >= 15 is 0 Å². The van der Waals surface area contributed by atoms with Crippen molar-refractivity contribution in [3.63, 3.8) is 0 Å². The van der Waals surface area contributed by atoms with Crippen LogP contribution in [-0.4, -0.2) is 18.4 Å². The van der Waals surface area contributed by atoms with Crippen LogP contribution in [-0.2, 0) is 9.59 Å². The average Bonchev–Trinajstić information content (AvgIpc) is 3.13. The lowest BCUT2D eigenvalue weighted by Gasteiger charge is -2.18. The van der Waals surface area contributed by atoms with Crippen molar-refractivity contribution < 1.29 is 14.3 Å². The molecule has 0 bridgehead atoms. The number of benzene rings is 3. The molecule has 0 aliphatic carbocycles. The van der Waals surface area contributed by atoms with E-state index in [-0.39, 0.29) is 24.2 Å². The van der Waals surface area contributed by atoms with E-state index in [2.05, 4.69) is 5.32 Å². The summed E-state index contributed by atoms with van der Waals surface area (Å²) in [6.07, 6.45) is 0.216. The largest absolute Gasteiger partial charge is 0.457 e. The van der Waals surface area contributed by atoms with Gasteiger partial charge in [0.1, 0.15) is 11.5 Å². The molecule has 3 aromatic carbocycles.